The van der Waals surface area contributed by atoms with E-state index in [1.165, 1.54) is 12.8 Å². The van der Waals surface area contributed by atoms with E-state index >= 15 is 0 Å². The van der Waals surface area contributed by atoms with Gasteiger partial charge in [-0.15, -0.1) is 0 Å². The molecule has 0 aliphatic heterocycles. The lowest BCUT2D eigenvalue weighted by Gasteiger charge is -1.94. The fourth-order valence-electron chi connectivity index (χ4n) is 2.44. The summed E-state index contributed by atoms with van der Waals surface area (Å²) in [5.41, 5.74) is 4.71. The van der Waals surface area contributed by atoms with Crippen LogP contribution in [0.25, 0.3) is 35.2 Å². The number of benzene rings is 1. The summed E-state index contributed by atoms with van der Waals surface area (Å²) in [6.45, 7) is 0. The summed E-state index contributed by atoms with van der Waals surface area (Å²) in [7, 11) is 0. The Bertz CT molecular complexity index is 961. The first-order chi connectivity index (χ1) is 11.4. The van der Waals surface area contributed by atoms with Gasteiger partial charge in [-0.05, 0) is 30.4 Å². The van der Waals surface area contributed by atoms with Crippen molar-refractivity contribution in [3.8, 4) is 0 Å². The highest BCUT2D eigenvalue weighted by atomic mass is 16.3. The van der Waals surface area contributed by atoms with Crippen LogP contribution in [0, 0.1) is 0 Å². The Morgan fingerprint density at radius 2 is 1.52 bits per heavy atom. The van der Waals surface area contributed by atoms with Crippen molar-refractivity contribution < 1.29 is 8.83 Å². The molecule has 0 aliphatic carbocycles. The van der Waals surface area contributed by atoms with Crippen LogP contribution >= 0.6 is 0 Å². The Morgan fingerprint density at radius 1 is 0.826 bits per heavy atom. The molecule has 1 N–H and O–H groups in total. The first-order valence-electron chi connectivity index (χ1n) is 7.13. The highest BCUT2D eigenvalue weighted by Crippen LogP contribution is 2.26. The van der Waals surface area contributed by atoms with Gasteiger partial charge in [-0.3, -0.25) is 0 Å². The van der Waals surface area contributed by atoms with Crippen LogP contribution in [0.5, 0.6) is 0 Å². The number of oxazole rings is 2. The average molecular weight is 303 g/mol. The monoisotopic (exact) mass is 303 g/mol. The molecular weight excluding hydrogens is 290 g/mol. The molecule has 0 saturated heterocycles. The van der Waals surface area contributed by atoms with E-state index in [1.54, 1.807) is 12.5 Å². The third-order valence-electron chi connectivity index (χ3n) is 3.52. The quantitative estimate of drug-likeness (QED) is 0.603. The van der Waals surface area contributed by atoms with Crippen molar-refractivity contribution in [3.05, 3.63) is 72.2 Å². The van der Waals surface area contributed by atoms with Crippen molar-refractivity contribution in [1.82, 2.24) is 15.0 Å². The molecule has 0 radical (unpaired) electrons. The zero-order valence-corrected chi connectivity index (χ0v) is 12.1. The summed E-state index contributed by atoms with van der Waals surface area (Å²) in [5, 5.41) is 1.15. The van der Waals surface area contributed by atoms with Crippen molar-refractivity contribution in [2.24, 2.45) is 0 Å². The summed E-state index contributed by atoms with van der Waals surface area (Å²) in [6, 6.07) is 8.17. The van der Waals surface area contributed by atoms with E-state index in [9.17, 15) is 0 Å². The maximum Gasteiger partial charge on any atom is 0.181 e. The molecule has 0 bridgehead atoms. The normalized spacial score (nSPS) is 12.0. The number of nitrogens with one attached hydrogen (secondary N) is 1. The van der Waals surface area contributed by atoms with Gasteiger partial charge in [0, 0.05) is 22.2 Å². The molecule has 0 spiro atoms. The first-order valence-corrected chi connectivity index (χ1v) is 7.13. The molecule has 23 heavy (non-hydrogen) atoms. The van der Waals surface area contributed by atoms with Crippen LogP contribution in [-0.4, -0.2) is 15.0 Å². The molecule has 112 valence electrons. The molecule has 0 amide bonds. The van der Waals surface area contributed by atoms with E-state index in [-0.39, 0.29) is 0 Å². The van der Waals surface area contributed by atoms with Gasteiger partial charge >= 0.3 is 0 Å². The predicted octanol–water partition coefficient (Wildman–Crippen LogP) is 4.48. The summed E-state index contributed by atoms with van der Waals surface area (Å²) in [5.74, 6) is 0. The van der Waals surface area contributed by atoms with Crippen LogP contribution in [0.4, 0.5) is 0 Å². The summed E-state index contributed by atoms with van der Waals surface area (Å²) in [6.07, 6.45) is 13.9. The van der Waals surface area contributed by atoms with E-state index in [2.05, 4.69) is 27.1 Å². The molecular formula is C18H13N3O2. The van der Waals surface area contributed by atoms with Gasteiger partial charge in [0.2, 0.25) is 0 Å². The minimum atomic E-state index is 0.773. The fourth-order valence-corrected chi connectivity index (χ4v) is 2.44. The van der Waals surface area contributed by atoms with Gasteiger partial charge in [0.15, 0.2) is 12.8 Å². The van der Waals surface area contributed by atoms with Gasteiger partial charge in [-0.25, -0.2) is 9.97 Å². The van der Waals surface area contributed by atoms with Gasteiger partial charge < -0.3 is 13.8 Å². The van der Waals surface area contributed by atoms with Crippen LogP contribution in [0.1, 0.15) is 22.6 Å². The Kier molecular flexibility index (Phi) is 3.37. The number of fused-ring (bicyclic) bond motifs is 1. The topological polar surface area (TPSA) is 67.8 Å². The number of nitrogens with zero attached hydrogens (tertiary/aromatic N) is 2. The van der Waals surface area contributed by atoms with Gasteiger partial charge in [0.25, 0.3) is 0 Å². The van der Waals surface area contributed by atoms with E-state index < -0.39 is 0 Å². The van der Waals surface area contributed by atoms with Gasteiger partial charge in [0.05, 0.1) is 0 Å². The highest BCUT2D eigenvalue weighted by Gasteiger charge is 2.06. The lowest BCUT2D eigenvalue weighted by atomic mass is 10.1. The minimum Gasteiger partial charge on any atom is -0.451 e. The van der Waals surface area contributed by atoms with E-state index in [0.717, 1.165) is 33.5 Å². The molecule has 0 fully saturated rings. The highest BCUT2D eigenvalue weighted by molar-refractivity contribution is 5.96. The van der Waals surface area contributed by atoms with Gasteiger partial charge in [-0.1, -0.05) is 18.2 Å². The molecule has 0 aliphatic rings. The second-order valence-electron chi connectivity index (χ2n) is 4.99. The number of para-hydroxylation sites is 1. The minimum absolute atomic E-state index is 0.773. The SMILES string of the molecule is C(=C\c1[nH]c2ccccc2c1/C=C/c1cocn1)/c1cocn1. The number of hydrogen-bond donors (Lipinski definition) is 1. The van der Waals surface area contributed by atoms with Crippen LogP contribution < -0.4 is 0 Å². The lowest BCUT2D eigenvalue weighted by Crippen LogP contribution is -1.77. The van der Waals surface area contributed by atoms with E-state index in [1.807, 2.05) is 36.4 Å². The third kappa shape index (κ3) is 2.72. The van der Waals surface area contributed by atoms with Crippen LogP contribution in [0.2, 0.25) is 0 Å². The molecule has 4 rings (SSSR count). The predicted molar refractivity (Wildman–Crippen MR) is 89.2 cm³/mol. The van der Waals surface area contributed by atoms with Gasteiger partial charge in [-0.2, -0.15) is 0 Å². The number of rotatable bonds is 4. The maximum absolute atomic E-state index is 5.00. The molecule has 4 aromatic rings. The Hall–Kier alpha value is -3.34. The van der Waals surface area contributed by atoms with E-state index in [0.29, 0.717) is 0 Å². The van der Waals surface area contributed by atoms with Gasteiger partial charge in [0.1, 0.15) is 23.9 Å². The third-order valence-corrected chi connectivity index (χ3v) is 3.52. The number of H-pyrrole nitrogens is 1. The van der Waals surface area contributed by atoms with Crippen LogP contribution in [-0.2, 0) is 0 Å². The molecule has 3 aromatic heterocycles. The van der Waals surface area contributed by atoms with Crippen molar-refractivity contribution in [2.45, 2.75) is 0 Å². The average Bonchev–Trinajstić information content (AvgIpc) is 3.31. The lowest BCUT2D eigenvalue weighted by molar-refractivity contribution is 0.557. The smallest absolute Gasteiger partial charge is 0.181 e. The Labute approximate surface area is 132 Å². The molecule has 0 atom stereocenters. The molecule has 5 nitrogen and oxygen atoms in total. The first kappa shape index (κ1) is 13.3. The molecule has 5 heteroatoms. The second-order valence-corrected chi connectivity index (χ2v) is 4.99. The van der Waals surface area contributed by atoms with Crippen LogP contribution in [0.15, 0.2) is 58.4 Å². The number of aromatic amines is 1. The molecule has 0 saturated carbocycles. The maximum atomic E-state index is 5.00. The standard InChI is InChI=1S/C18H13N3O2/c1-2-4-17-15(3-1)16(7-5-13-9-22-11-19-13)18(21-17)8-6-14-10-23-12-20-14/h1-12,21H/b7-5+,8-6+. The Balaban J connectivity index is 1.78. The number of aromatic nitrogens is 3. The zero-order chi connectivity index (χ0) is 15.5. The second kappa shape index (κ2) is 5.81. The van der Waals surface area contributed by atoms with Crippen molar-refractivity contribution in [1.29, 1.82) is 0 Å². The van der Waals surface area contributed by atoms with Crippen molar-refractivity contribution in [3.63, 3.8) is 0 Å². The zero-order valence-electron chi connectivity index (χ0n) is 12.1. The number of hydrogen-bond acceptors (Lipinski definition) is 4. The molecule has 0 unspecified atom stereocenters. The van der Waals surface area contributed by atoms with Crippen LogP contribution in [0.3, 0.4) is 0 Å². The van der Waals surface area contributed by atoms with Crippen molar-refractivity contribution in [2.75, 3.05) is 0 Å². The molecule has 1 aromatic carbocycles. The largest absolute Gasteiger partial charge is 0.451 e. The van der Waals surface area contributed by atoms with E-state index in [4.69, 9.17) is 8.83 Å². The summed E-state index contributed by atoms with van der Waals surface area (Å²) in [4.78, 5) is 11.6. The Morgan fingerprint density at radius 3 is 2.22 bits per heavy atom. The molecule has 3 heterocycles. The van der Waals surface area contributed by atoms with Crippen molar-refractivity contribution >= 4 is 35.2 Å². The fraction of sp³-hybridized carbons (Fsp3) is 0. The summed E-state index contributed by atoms with van der Waals surface area (Å²) >= 11 is 0. The summed E-state index contributed by atoms with van der Waals surface area (Å²) < 4.78 is 9.98.